The maximum atomic E-state index is 12.1. The van der Waals surface area contributed by atoms with E-state index in [1.165, 1.54) is 0 Å². The number of hydrogen-bond acceptors (Lipinski definition) is 6. The molecule has 1 amide bonds. The zero-order valence-electron chi connectivity index (χ0n) is 16.3. The van der Waals surface area contributed by atoms with E-state index >= 15 is 0 Å². The molecule has 1 aliphatic heterocycles. The fourth-order valence-corrected chi connectivity index (χ4v) is 3.22. The van der Waals surface area contributed by atoms with Gasteiger partial charge in [0.15, 0.2) is 0 Å². The number of carbonyl (C=O) groups is 1. The van der Waals surface area contributed by atoms with Crippen molar-refractivity contribution in [1.82, 2.24) is 4.90 Å². The number of para-hydroxylation sites is 2. The Kier molecular flexibility index (Phi) is 6.97. The number of nitrogen functional groups attached to an aromatic ring is 1. The van der Waals surface area contributed by atoms with E-state index in [0.29, 0.717) is 31.2 Å². The van der Waals surface area contributed by atoms with Crippen LogP contribution in [0.5, 0.6) is 5.75 Å². The summed E-state index contributed by atoms with van der Waals surface area (Å²) in [6.45, 7) is 7.21. The molecule has 150 valence electrons. The number of piperazine rings is 1. The normalized spacial score (nSPS) is 14.5. The zero-order chi connectivity index (χ0) is 19.8. The minimum atomic E-state index is -0.467. The van der Waals surface area contributed by atoms with Crippen molar-refractivity contribution in [2.24, 2.45) is 0 Å². The first-order valence-electron chi connectivity index (χ1n) is 9.64. The molecule has 28 heavy (non-hydrogen) atoms. The van der Waals surface area contributed by atoms with Gasteiger partial charge in [-0.1, -0.05) is 18.2 Å². The minimum Gasteiger partial charge on any atom is -0.492 e. The first-order chi connectivity index (χ1) is 13.7. The molecule has 2 aromatic rings. The Hall–Kier alpha value is -2.93. The third-order valence-corrected chi connectivity index (χ3v) is 4.67. The van der Waals surface area contributed by atoms with Gasteiger partial charge in [0, 0.05) is 44.1 Å². The summed E-state index contributed by atoms with van der Waals surface area (Å²) < 4.78 is 10.8. The van der Waals surface area contributed by atoms with E-state index in [4.69, 9.17) is 15.2 Å². The Morgan fingerprint density at radius 1 is 1.11 bits per heavy atom. The summed E-state index contributed by atoms with van der Waals surface area (Å²) in [5.41, 5.74) is 8.42. The number of anilines is 3. The summed E-state index contributed by atoms with van der Waals surface area (Å²) in [5, 5.41) is 2.74. The van der Waals surface area contributed by atoms with Crippen LogP contribution in [0.4, 0.5) is 21.9 Å². The monoisotopic (exact) mass is 384 g/mol. The first kappa shape index (κ1) is 19.8. The second-order valence-electron chi connectivity index (χ2n) is 6.61. The number of nitrogens with two attached hydrogens (primary N) is 1. The van der Waals surface area contributed by atoms with Crippen LogP contribution in [0.1, 0.15) is 6.92 Å². The molecule has 2 aromatic carbocycles. The highest BCUT2D eigenvalue weighted by Crippen LogP contribution is 2.23. The van der Waals surface area contributed by atoms with Crippen LogP contribution in [0, 0.1) is 0 Å². The fourth-order valence-electron chi connectivity index (χ4n) is 3.22. The number of amides is 1. The van der Waals surface area contributed by atoms with Crippen molar-refractivity contribution < 1.29 is 14.3 Å². The number of hydrogen-bond donors (Lipinski definition) is 2. The number of rotatable bonds is 7. The molecule has 1 heterocycles. The largest absolute Gasteiger partial charge is 0.492 e. The lowest BCUT2D eigenvalue weighted by molar-refractivity contribution is 0.137. The lowest BCUT2D eigenvalue weighted by atomic mass is 10.2. The van der Waals surface area contributed by atoms with E-state index in [2.05, 4.69) is 21.2 Å². The van der Waals surface area contributed by atoms with Crippen molar-refractivity contribution in [2.45, 2.75) is 6.92 Å². The molecule has 0 bridgehead atoms. The van der Waals surface area contributed by atoms with Crippen molar-refractivity contribution >= 4 is 23.2 Å². The van der Waals surface area contributed by atoms with E-state index < -0.39 is 6.09 Å². The van der Waals surface area contributed by atoms with Crippen molar-refractivity contribution in [1.29, 1.82) is 0 Å². The highest BCUT2D eigenvalue weighted by atomic mass is 16.5. The number of nitrogens with one attached hydrogen (secondary N) is 1. The average molecular weight is 384 g/mol. The molecule has 7 nitrogen and oxygen atoms in total. The van der Waals surface area contributed by atoms with Gasteiger partial charge in [0.2, 0.25) is 0 Å². The van der Waals surface area contributed by atoms with Crippen LogP contribution in [0.3, 0.4) is 0 Å². The highest BCUT2D eigenvalue weighted by molar-refractivity contribution is 5.86. The highest BCUT2D eigenvalue weighted by Gasteiger charge is 2.17. The van der Waals surface area contributed by atoms with Gasteiger partial charge in [-0.05, 0) is 37.3 Å². The fraction of sp³-hybridized carbons (Fsp3) is 0.381. The summed E-state index contributed by atoms with van der Waals surface area (Å²) in [6, 6.07) is 15.3. The lowest BCUT2D eigenvalue weighted by Crippen LogP contribution is -2.47. The SMILES string of the molecule is CCOc1ccccc1NC(=O)OCCN1CCN(c2cccc(N)c2)CC1. The maximum absolute atomic E-state index is 12.1. The predicted molar refractivity (Wildman–Crippen MR) is 112 cm³/mol. The van der Waals surface area contributed by atoms with Gasteiger partial charge in [-0.25, -0.2) is 4.79 Å². The van der Waals surface area contributed by atoms with Crippen LogP contribution in [0.15, 0.2) is 48.5 Å². The molecule has 0 spiro atoms. The standard InChI is InChI=1S/C21H28N4O3/c1-2-27-20-9-4-3-8-19(20)23-21(26)28-15-14-24-10-12-25(13-11-24)18-7-5-6-17(22)16-18/h3-9,16H,2,10-15,22H2,1H3,(H,23,26). The molecule has 1 saturated heterocycles. The molecule has 0 atom stereocenters. The molecule has 0 saturated carbocycles. The van der Waals surface area contributed by atoms with Crippen LogP contribution in [-0.2, 0) is 4.74 Å². The lowest BCUT2D eigenvalue weighted by Gasteiger charge is -2.36. The van der Waals surface area contributed by atoms with E-state index in [1.807, 2.05) is 43.3 Å². The quantitative estimate of drug-likeness (QED) is 0.715. The predicted octanol–water partition coefficient (Wildman–Crippen LogP) is 3.04. The molecule has 3 rings (SSSR count). The van der Waals surface area contributed by atoms with Gasteiger partial charge >= 0.3 is 6.09 Å². The molecule has 0 aromatic heterocycles. The van der Waals surface area contributed by atoms with Crippen molar-refractivity contribution in [2.75, 3.05) is 61.9 Å². The van der Waals surface area contributed by atoms with Crippen LogP contribution < -0.4 is 20.7 Å². The van der Waals surface area contributed by atoms with Gasteiger partial charge in [-0.15, -0.1) is 0 Å². The number of ether oxygens (including phenoxy) is 2. The van der Waals surface area contributed by atoms with E-state index in [-0.39, 0.29) is 0 Å². The molecule has 0 aliphatic carbocycles. The Labute approximate surface area is 166 Å². The van der Waals surface area contributed by atoms with Crippen molar-refractivity contribution in [3.05, 3.63) is 48.5 Å². The molecule has 3 N–H and O–H groups in total. The van der Waals surface area contributed by atoms with Gasteiger partial charge in [0.05, 0.1) is 12.3 Å². The van der Waals surface area contributed by atoms with Crippen molar-refractivity contribution in [3.63, 3.8) is 0 Å². The van der Waals surface area contributed by atoms with Crippen LogP contribution in [0.25, 0.3) is 0 Å². The van der Waals surface area contributed by atoms with E-state index in [9.17, 15) is 4.79 Å². The number of benzene rings is 2. The Morgan fingerprint density at radius 3 is 2.64 bits per heavy atom. The van der Waals surface area contributed by atoms with Crippen LogP contribution in [-0.4, -0.2) is 56.9 Å². The van der Waals surface area contributed by atoms with Gasteiger partial charge < -0.3 is 20.1 Å². The summed E-state index contributed by atoms with van der Waals surface area (Å²) in [4.78, 5) is 16.7. The number of carbonyl (C=O) groups excluding carboxylic acids is 1. The van der Waals surface area contributed by atoms with Gasteiger partial charge in [-0.3, -0.25) is 10.2 Å². The Morgan fingerprint density at radius 2 is 1.89 bits per heavy atom. The zero-order valence-corrected chi connectivity index (χ0v) is 16.3. The molecule has 1 fully saturated rings. The molecular weight excluding hydrogens is 356 g/mol. The third-order valence-electron chi connectivity index (χ3n) is 4.67. The van der Waals surface area contributed by atoms with Crippen molar-refractivity contribution in [3.8, 4) is 5.75 Å². The first-order valence-corrected chi connectivity index (χ1v) is 9.64. The maximum Gasteiger partial charge on any atom is 0.411 e. The van der Waals surface area contributed by atoms with E-state index in [1.54, 1.807) is 6.07 Å². The van der Waals surface area contributed by atoms with Crippen LogP contribution >= 0.6 is 0 Å². The molecule has 1 aliphatic rings. The topological polar surface area (TPSA) is 80.1 Å². The molecular formula is C21H28N4O3. The van der Waals surface area contributed by atoms with Gasteiger partial charge in [-0.2, -0.15) is 0 Å². The summed E-state index contributed by atoms with van der Waals surface area (Å²) in [6.07, 6.45) is -0.467. The smallest absolute Gasteiger partial charge is 0.411 e. The summed E-state index contributed by atoms with van der Waals surface area (Å²) in [5.74, 6) is 0.639. The molecule has 7 heteroatoms. The number of nitrogens with zero attached hydrogens (tertiary/aromatic N) is 2. The second-order valence-corrected chi connectivity index (χ2v) is 6.61. The van der Waals surface area contributed by atoms with Gasteiger partial charge in [0.25, 0.3) is 0 Å². The Balaban J connectivity index is 1.38. The molecule has 0 unspecified atom stereocenters. The summed E-state index contributed by atoms with van der Waals surface area (Å²) >= 11 is 0. The van der Waals surface area contributed by atoms with Gasteiger partial charge in [0.1, 0.15) is 12.4 Å². The minimum absolute atomic E-state index is 0.348. The summed E-state index contributed by atoms with van der Waals surface area (Å²) in [7, 11) is 0. The second kappa shape index (κ2) is 9.85. The van der Waals surface area contributed by atoms with E-state index in [0.717, 1.165) is 37.6 Å². The Bertz CT molecular complexity index is 776. The molecule has 0 radical (unpaired) electrons. The average Bonchev–Trinajstić information content (AvgIpc) is 2.70. The van der Waals surface area contributed by atoms with Crippen LogP contribution in [0.2, 0.25) is 0 Å². The third kappa shape index (κ3) is 5.53.